The molecule has 0 heterocycles. The molecule has 0 aliphatic heterocycles. The van der Waals surface area contributed by atoms with Crippen LogP contribution in [0.15, 0.2) is 48.5 Å². The molecule has 1 aliphatic carbocycles. The van der Waals surface area contributed by atoms with E-state index >= 15 is 0 Å². The standard InChI is InChI=1S/C19H22N2O3/c20-8-9-24-15-7-6-14-11-18(21-19(22)23)17(16(14)12-15)10-13-4-2-1-3-5-13/h1-7,12,17-18,21H,8-11,20H2,(H,22,23). The monoisotopic (exact) mass is 326 g/mol. The minimum Gasteiger partial charge on any atom is -0.492 e. The molecule has 2 aromatic rings. The maximum absolute atomic E-state index is 11.2. The highest BCUT2D eigenvalue weighted by Gasteiger charge is 2.33. The van der Waals surface area contributed by atoms with Gasteiger partial charge in [0.15, 0.2) is 0 Å². The summed E-state index contributed by atoms with van der Waals surface area (Å²) in [6.07, 6.45) is 0.514. The van der Waals surface area contributed by atoms with E-state index in [-0.39, 0.29) is 12.0 Å². The third kappa shape index (κ3) is 3.68. The molecular weight excluding hydrogens is 304 g/mol. The molecule has 0 bridgehead atoms. The Bertz CT molecular complexity index is 703. The summed E-state index contributed by atoms with van der Waals surface area (Å²) in [6.45, 7) is 0.937. The number of hydrogen-bond donors (Lipinski definition) is 3. The van der Waals surface area contributed by atoms with Gasteiger partial charge in [0.05, 0.1) is 0 Å². The normalized spacial score (nSPS) is 18.9. The zero-order valence-electron chi connectivity index (χ0n) is 13.4. The van der Waals surface area contributed by atoms with Gasteiger partial charge in [-0.25, -0.2) is 4.79 Å². The Hall–Kier alpha value is -2.53. The Morgan fingerprint density at radius 2 is 2.04 bits per heavy atom. The third-order valence-electron chi connectivity index (χ3n) is 4.44. The van der Waals surface area contributed by atoms with Crippen molar-refractivity contribution in [2.24, 2.45) is 5.73 Å². The van der Waals surface area contributed by atoms with Crippen molar-refractivity contribution in [2.45, 2.75) is 24.8 Å². The van der Waals surface area contributed by atoms with Crippen LogP contribution in [0.2, 0.25) is 0 Å². The molecule has 0 aromatic heterocycles. The minimum absolute atomic E-state index is 0.0972. The highest BCUT2D eigenvalue weighted by molar-refractivity contribution is 5.65. The second-order valence-electron chi connectivity index (χ2n) is 6.05. The summed E-state index contributed by atoms with van der Waals surface area (Å²) >= 11 is 0. The summed E-state index contributed by atoms with van der Waals surface area (Å²) in [4.78, 5) is 11.2. The molecule has 5 nitrogen and oxygen atoms in total. The molecule has 0 fully saturated rings. The second kappa shape index (κ2) is 7.36. The lowest BCUT2D eigenvalue weighted by atomic mass is 9.91. The van der Waals surface area contributed by atoms with Crippen LogP contribution in [0.3, 0.4) is 0 Å². The Morgan fingerprint density at radius 3 is 2.75 bits per heavy atom. The number of ether oxygens (including phenoxy) is 1. The Balaban J connectivity index is 1.88. The van der Waals surface area contributed by atoms with E-state index in [9.17, 15) is 4.79 Å². The van der Waals surface area contributed by atoms with Gasteiger partial charge in [-0.1, -0.05) is 36.4 Å². The maximum Gasteiger partial charge on any atom is 0.404 e. The molecule has 126 valence electrons. The Labute approximate surface area is 141 Å². The first-order chi connectivity index (χ1) is 11.7. The van der Waals surface area contributed by atoms with Gasteiger partial charge in [-0.05, 0) is 41.7 Å². The summed E-state index contributed by atoms with van der Waals surface area (Å²) in [5.41, 5.74) is 9.03. The van der Waals surface area contributed by atoms with E-state index in [1.807, 2.05) is 36.4 Å². The summed E-state index contributed by atoms with van der Waals surface area (Å²) < 4.78 is 5.63. The number of carbonyl (C=O) groups is 1. The Morgan fingerprint density at radius 1 is 1.25 bits per heavy atom. The smallest absolute Gasteiger partial charge is 0.404 e. The molecule has 5 heteroatoms. The molecule has 4 N–H and O–H groups in total. The second-order valence-corrected chi connectivity index (χ2v) is 6.05. The molecule has 2 atom stereocenters. The first kappa shape index (κ1) is 16.3. The van der Waals surface area contributed by atoms with Crippen LogP contribution in [0.4, 0.5) is 4.79 Å². The number of carboxylic acid groups (broad SMARTS) is 1. The summed E-state index contributed by atoms with van der Waals surface area (Å²) in [6, 6.07) is 16.0. The van der Waals surface area contributed by atoms with Crippen molar-refractivity contribution in [3.8, 4) is 5.75 Å². The average Bonchev–Trinajstić information content (AvgIpc) is 2.90. The van der Waals surface area contributed by atoms with E-state index in [4.69, 9.17) is 15.6 Å². The quantitative estimate of drug-likeness (QED) is 0.761. The first-order valence-corrected chi connectivity index (χ1v) is 8.16. The predicted octanol–water partition coefficient (Wildman–Crippen LogP) is 2.54. The summed E-state index contributed by atoms with van der Waals surface area (Å²) in [7, 11) is 0. The lowest BCUT2D eigenvalue weighted by Crippen LogP contribution is -2.37. The van der Waals surface area contributed by atoms with E-state index < -0.39 is 6.09 Å². The zero-order chi connectivity index (χ0) is 16.9. The fourth-order valence-corrected chi connectivity index (χ4v) is 3.40. The van der Waals surface area contributed by atoms with Crippen molar-refractivity contribution in [3.63, 3.8) is 0 Å². The number of amides is 1. The topological polar surface area (TPSA) is 84.6 Å². The number of benzene rings is 2. The van der Waals surface area contributed by atoms with E-state index in [1.54, 1.807) is 0 Å². The molecule has 24 heavy (non-hydrogen) atoms. The SMILES string of the molecule is NCCOc1ccc2c(c1)C(Cc1ccccc1)C(NC(=O)O)C2. The van der Waals surface area contributed by atoms with Crippen LogP contribution in [-0.2, 0) is 12.8 Å². The molecule has 0 radical (unpaired) electrons. The minimum atomic E-state index is -0.981. The highest BCUT2D eigenvalue weighted by atomic mass is 16.5. The fourth-order valence-electron chi connectivity index (χ4n) is 3.40. The van der Waals surface area contributed by atoms with Gasteiger partial charge >= 0.3 is 6.09 Å². The first-order valence-electron chi connectivity index (χ1n) is 8.16. The average molecular weight is 326 g/mol. The fraction of sp³-hybridized carbons (Fsp3) is 0.316. The van der Waals surface area contributed by atoms with E-state index in [1.165, 1.54) is 11.1 Å². The van der Waals surface area contributed by atoms with Crippen molar-refractivity contribution in [1.82, 2.24) is 5.32 Å². The van der Waals surface area contributed by atoms with Crippen LogP contribution < -0.4 is 15.8 Å². The van der Waals surface area contributed by atoms with E-state index in [0.29, 0.717) is 19.6 Å². The molecule has 0 saturated heterocycles. The van der Waals surface area contributed by atoms with Crippen LogP contribution >= 0.6 is 0 Å². The number of nitrogens with two attached hydrogens (primary N) is 1. The number of hydrogen-bond acceptors (Lipinski definition) is 3. The molecule has 0 spiro atoms. The van der Waals surface area contributed by atoms with Gasteiger partial charge < -0.3 is 20.9 Å². The van der Waals surface area contributed by atoms with E-state index in [0.717, 1.165) is 17.7 Å². The molecule has 2 unspecified atom stereocenters. The van der Waals surface area contributed by atoms with Crippen molar-refractivity contribution < 1.29 is 14.6 Å². The lowest BCUT2D eigenvalue weighted by Gasteiger charge is -2.21. The zero-order valence-corrected chi connectivity index (χ0v) is 13.4. The summed E-state index contributed by atoms with van der Waals surface area (Å²) in [5, 5.41) is 11.8. The van der Waals surface area contributed by atoms with Crippen LogP contribution in [0.1, 0.15) is 22.6 Å². The van der Waals surface area contributed by atoms with Crippen LogP contribution in [0.5, 0.6) is 5.75 Å². The van der Waals surface area contributed by atoms with Crippen LogP contribution in [0.25, 0.3) is 0 Å². The largest absolute Gasteiger partial charge is 0.492 e. The van der Waals surface area contributed by atoms with Gasteiger partial charge in [-0.15, -0.1) is 0 Å². The molecule has 0 saturated carbocycles. The number of rotatable bonds is 6. The van der Waals surface area contributed by atoms with Gasteiger partial charge in [0.25, 0.3) is 0 Å². The molecule has 2 aromatic carbocycles. The Kier molecular flexibility index (Phi) is 5.01. The highest BCUT2D eigenvalue weighted by Crippen LogP contribution is 2.38. The van der Waals surface area contributed by atoms with Gasteiger partial charge in [0.2, 0.25) is 0 Å². The van der Waals surface area contributed by atoms with Crippen molar-refractivity contribution in [1.29, 1.82) is 0 Å². The lowest BCUT2D eigenvalue weighted by molar-refractivity contribution is 0.188. The van der Waals surface area contributed by atoms with Crippen LogP contribution in [0, 0.1) is 0 Å². The van der Waals surface area contributed by atoms with Crippen molar-refractivity contribution in [2.75, 3.05) is 13.2 Å². The predicted molar refractivity (Wildman–Crippen MR) is 92.5 cm³/mol. The van der Waals surface area contributed by atoms with Crippen molar-refractivity contribution >= 4 is 6.09 Å². The number of fused-ring (bicyclic) bond motifs is 1. The van der Waals surface area contributed by atoms with Gasteiger partial charge in [-0.3, -0.25) is 0 Å². The van der Waals surface area contributed by atoms with E-state index in [2.05, 4.69) is 17.4 Å². The van der Waals surface area contributed by atoms with Crippen molar-refractivity contribution in [3.05, 3.63) is 65.2 Å². The van der Waals surface area contributed by atoms with Gasteiger partial charge in [-0.2, -0.15) is 0 Å². The third-order valence-corrected chi connectivity index (χ3v) is 4.44. The molecule has 1 aliphatic rings. The maximum atomic E-state index is 11.2. The van der Waals surface area contributed by atoms with Gasteiger partial charge in [0, 0.05) is 18.5 Å². The number of nitrogens with one attached hydrogen (secondary N) is 1. The molecular formula is C19H22N2O3. The molecule has 1 amide bonds. The van der Waals surface area contributed by atoms with Crippen LogP contribution in [-0.4, -0.2) is 30.4 Å². The summed E-state index contributed by atoms with van der Waals surface area (Å²) in [5.74, 6) is 0.883. The molecule has 3 rings (SSSR count). The van der Waals surface area contributed by atoms with Gasteiger partial charge in [0.1, 0.15) is 12.4 Å².